The fourth-order valence-electron chi connectivity index (χ4n) is 0.473. The molecule has 1 aliphatic rings. The third-order valence-corrected chi connectivity index (χ3v) is 0.875. The highest BCUT2D eigenvalue weighted by atomic mass is 16.4. The Balaban J connectivity index is 2.83. The molecule has 0 aliphatic carbocycles. The van der Waals surface area contributed by atoms with E-state index >= 15 is 0 Å². The molecule has 0 amide bonds. The van der Waals surface area contributed by atoms with Gasteiger partial charge in [-0.2, -0.15) is 0 Å². The van der Waals surface area contributed by atoms with Gasteiger partial charge in [0.05, 0.1) is 0 Å². The predicted molar refractivity (Wildman–Crippen MR) is 28.7 cm³/mol. The third-order valence-electron chi connectivity index (χ3n) is 0.875. The molecule has 46 valence electrons. The first kappa shape index (κ1) is 2.35. The molecule has 0 aromatic carbocycles. The Morgan fingerprint density at radius 3 is 3.00 bits per heavy atom. The summed E-state index contributed by atoms with van der Waals surface area (Å²) in [6, 6.07) is -1.28. The molecule has 0 radical (unpaired) electrons. The molecule has 0 aromatic rings. The second kappa shape index (κ2) is 2.13. The van der Waals surface area contributed by atoms with Gasteiger partial charge in [-0.1, -0.05) is 0 Å². The molecule has 1 fully saturated rings. The van der Waals surface area contributed by atoms with Gasteiger partial charge in [0.1, 0.15) is 6.04 Å². The molecule has 2 N–H and O–H groups in total. The zero-order valence-electron chi connectivity index (χ0n) is 8.09. The average molecular weight is 119 g/mol. The maximum absolute atomic E-state index is 10.4. The minimum atomic E-state index is -2.09. The van der Waals surface area contributed by atoms with Crippen molar-refractivity contribution in [2.24, 2.45) is 0 Å². The summed E-state index contributed by atoms with van der Waals surface area (Å²) in [7, 11) is 0. The van der Waals surface area contributed by atoms with Gasteiger partial charge in [-0.3, -0.25) is 4.79 Å². The number of carboxylic acid groups (broad SMARTS) is 1. The Bertz CT molecular complexity index is 210. The topological polar surface area (TPSA) is 49.3 Å². The number of nitrogens with one attached hydrogen (secondary N) is 1. The molecule has 8 heavy (non-hydrogen) atoms. The molecule has 3 nitrogen and oxygen atoms in total. The summed E-state index contributed by atoms with van der Waals surface area (Å²) < 4.78 is 28.7. The van der Waals surface area contributed by atoms with Crippen molar-refractivity contribution in [2.75, 3.05) is 6.52 Å². The van der Waals surface area contributed by atoms with E-state index in [4.69, 9.17) is 10.6 Å². The largest absolute Gasteiger partial charge is 0.480 e. The molecule has 0 aromatic heterocycles. The summed E-state index contributed by atoms with van der Waals surface area (Å²) in [6.07, 6.45) is -3.51. The van der Waals surface area contributed by atoms with Crippen molar-refractivity contribution in [3.05, 3.63) is 0 Å². The van der Waals surface area contributed by atoms with Gasteiger partial charge in [0, 0.05) is 5.48 Å². The first-order chi connectivity index (χ1) is 5.37. The maximum Gasteiger partial charge on any atom is 0.320 e. The summed E-state index contributed by atoms with van der Waals surface area (Å²) >= 11 is 0. The number of hydrogen-bond donors (Lipinski definition) is 2. The molecular formula is C5H9NO2. The molecule has 0 saturated carbocycles. The van der Waals surface area contributed by atoms with Gasteiger partial charge in [0.2, 0.25) is 0 Å². The van der Waals surface area contributed by atoms with Gasteiger partial charge in [-0.25, -0.2) is 0 Å². The Kier molecular flexibility index (Phi) is 0.627. The molecule has 1 heterocycles. The zero-order valence-corrected chi connectivity index (χ0v) is 4.09. The van der Waals surface area contributed by atoms with E-state index in [-0.39, 0.29) is 0 Å². The van der Waals surface area contributed by atoms with Crippen LogP contribution in [0.5, 0.6) is 0 Å². The highest BCUT2D eigenvalue weighted by molar-refractivity contribution is 5.73. The number of carboxylic acids is 1. The van der Waals surface area contributed by atoms with Crippen molar-refractivity contribution in [1.82, 2.24) is 5.32 Å². The van der Waals surface area contributed by atoms with E-state index in [0.717, 1.165) is 0 Å². The van der Waals surface area contributed by atoms with Crippen LogP contribution in [0.3, 0.4) is 0 Å². The second-order valence-corrected chi connectivity index (χ2v) is 1.46. The van der Waals surface area contributed by atoms with Crippen LogP contribution >= 0.6 is 0 Å². The Morgan fingerprint density at radius 2 is 2.75 bits per heavy atom. The standard InChI is InChI=1S/C5H9NO2/c7-5(8)4-2-1-3-6-4/h4,6H,1-3H2,(H,7,8)/t4-/m0/s1/i1D2,2D,3D/t2-,3+,4-. The molecule has 0 unspecified atom stereocenters. The SMILES string of the molecule is [2H][C@@H]1[C@@H](C(=O)O)N[C@H]([2H])C1([2H])[2H]. The molecule has 0 bridgehead atoms. The van der Waals surface area contributed by atoms with E-state index in [1.165, 1.54) is 0 Å². The smallest absolute Gasteiger partial charge is 0.320 e. The fourth-order valence-corrected chi connectivity index (χ4v) is 0.473. The summed E-state index contributed by atoms with van der Waals surface area (Å²) in [5.74, 6) is -1.28. The van der Waals surface area contributed by atoms with Crippen LogP contribution < -0.4 is 5.32 Å². The highest BCUT2D eigenvalue weighted by Crippen LogP contribution is 2.03. The van der Waals surface area contributed by atoms with Crippen LogP contribution in [-0.2, 0) is 4.79 Å². The van der Waals surface area contributed by atoms with Crippen LogP contribution in [0.1, 0.15) is 18.3 Å². The van der Waals surface area contributed by atoms with Crippen molar-refractivity contribution in [3.63, 3.8) is 0 Å². The third kappa shape index (κ3) is 0.980. The number of carbonyl (C=O) groups is 1. The normalized spacial score (nSPS) is 60.2. The van der Waals surface area contributed by atoms with E-state index in [1.54, 1.807) is 0 Å². The molecule has 3 atom stereocenters. The zero-order chi connectivity index (χ0) is 9.52. The van der Waals surface area contributed by atoms with E-state index in [9.17, 15) is 4.79 Å². The van der Waals surface area contributed by atoms with E-state index < -0.39 is 31.3 Å². The van der Waals surface area contributed by atoms with E-state index in [1.807, 2.05) is 0 Å². The number of aliphatic carboxylic acids is 1. The quantitative estimate of drug-likeness (QED) is 0.503. The van der Waals surface area contributed by atoms with E-state index in [2.05, 4.69) is 5.32 Å². The predicted octanol–water partition coefficient (Wildman–Crippen LogP) is -0.177. The minimum absolute atomic E-state index is 1.28. The molecule has 1 saturated heterocycles. The molecule has 0 spiro atoms. The second-order valence-electron chi connectivity index (χ2n) is 1.46. The van der Waals surface area contributed by atoms with Gasteiger partial charge in [-0.05, 0) is 19.3 Å². The Morgan fingerprint density at radius 1 is 2.00 bits per heavy atom. The summed E-state index contributed by atoms with van der Waals surface area (Å²) in [5.41, 5.74) is 0. The van der Waals surface area contributed by atoms with Gasteiger partial charge >= 0.3 is 5.97 Å². The number of hydrogen-bond acceptors (Lipinski definition) is 2. The lowest BCUT2D eigenvalue weighted by molar-refractivity contribution is -0.139. The summed E-state index contributed by atoms with van der Waals surface area (Å²) in [6.45, 7) is -1.33. The van der Waals surface area contributed by atoms with Crippen LogP contribution in [0, 0.1) is 0 Å². The van der Waals surface area contributed by atoms with Crippen LogP contribution in [0.25, 0.3) is 0 Å². The average Bonchev–Trinajstić information content (AvgIpc) is 2.13. The van der Waals surface area contributed by atoms with Crippen LogP contribution in [0.2, 0.25) is 0 Å². The fraction of sp³-hybridized carbons (Fsp3) is 0.800. The van der Waals surface area contributed by atoms with Crippen molar-refractivity contribution in [3.8, 4) is 0 Å². The van der Waals surface area contributed by atoms with Crippen molar-refractivity contribution < 1.29 is 15.4 Å². The van der Waals surface area contributed by atoms with Gasteiger partial charge in [-0.15, -0.1) is 0 Å². The lowest BCUT2D eigenvalue weighted by atomic mass is 10.2. The highest BCUT2D eigenvalue weighted by Gasteiger charge is 2.20. The van der Waals surface area contributed by atoms with Gasteiger partial charge in [0.25, 0.3) is 0 Å². The molecule has 1 aliphatic heterocycles. The monoisotopic (exact) mass is 119 g/mol. The lowest BCUT2D eigenvalue weighted by Gasteiger charge is -1.99. The van der Waals surface area contributed by atoms with Crippen molar-refractivity contribution >= 4 is 5.97 Å². The van der Waals surface area contributed by atoms with E-state index in [0.29, 0.717) is 0 Å². The first-order valence-corrected chi connectivity index (χ1v) is 2.20. The van der Waals surface area contributed by atoms with Crippen LogP contribution in [0.15, 0.2) is 0 Å². The van der Waals surface area contributed by atoms with Gasteiger partial charge < -0.3 is 10.4 Å². The molecular weight excluding hydrogens is 106 g/mol. The van der Waals surface area contributed by atoms with Gasteiger partial charge in [0.15, 0.2) is 0 Å². The Labute approximate surface area is 53.3 Å². The first-order valence-electron chi connectivity index (χ1n) is 4.36. The molecule has 3 heteroatoms. The summed E-state index contributed by atoms with van der Waals surface area (Å²) in [5, 5.41) is 10.7. The minimum Gasteiger partial charge on any atom is -0.480 e. The molecule has 1 rings (SSSR count). The van der Waals surface area contributed by atoms with Crippen molar-refractivity contribution in [1.29, 1.82) is 0 Å². The maximum atomic E-state index is 10.4. The number of rotatable bonds is 1. The summed E-state index contributed by atoms with van der Waals surface area (Å²) in [4.78, 5) is 10.4. The Hall–Kier alpha value is -0.570. The van der Waals surface area contributed by atoms with Crippen LogP contribution in [-0.4, -0.2) is 23.6 Å². The lowest BCUT2D eigenvalue weighted by Crippen LogP contribution is -2.29. The van der Waals surface area contributed by atoms with Crippen LogP contribution in [0.4, 0.5) is 0 Å². The van der Waals surface area contributed by atoms with Crippen molar-refractivity contribution in [2.45, 2.75) is 18.8 Å².